The molecule has 284 valence electrons. The number of hydrogen-bond acceptors (Lipinski definition) is 11. The highest BCUT2D eigenvalue weighted by Gasteiger charge is 2.62. The maximum atomic E-state index is 13.5. The number of ether oxygens (including phenoxy) is 8. The summed E-state index contributed by atoms with van der Waals surface area (Å²) in [6.45, 7) is 16.1. The molecule has 12 heteroatoms. The van der Waals surface area contributed by atoms with Crippen molar-refractivity contribution >= 4 is 17.7 Å². The van der Waals surface area contributed by atoms with E-state index in [2.05, 4.69) is 34.6 Å². The van der Waals surface area contributed by atoms with Crippen LogP contribution in [0.2, 0.25) is 0 Å². The number of hydrogen-bond donors (Lipinski definition) is 1. The summed E-state index contributed by atoms with van der Waals surface area (Å²) in [5.74, 6) is -4.30. The molecule has 6 heterocycles. The molecule has 6 rings (SSSR count). The van der Waals surface area contributed by atoms with Gasteiger partial charge in [0.25, 0.3) is 0 Å². The minimum absolute atomic E-state index is 0.0526. The lowest BCUT2D eigenvalue weighted by Gasteiger charge is -2.50. The van der Waals surface area contributed by atoms with Crippen molar-refractivity contribution in [2.24, 2.45) is 35.5 Å². The van der Waals surface area contributed by atoms with Crippen molar-refractivity contribution in [3.63, 3.8) is 0 Å². The third-order valence-electron chi connectivity index (χ3n) is 13.5. The fourth-order valence-electron chi connectivity index (χ4n) is 10.3. The molecule has 16 atom stereocenters. The number of rotatable bonds is 9. The van der Waals surface area contributed by atoms with E-state index in [-0.39, 0.29) is 79.5 Å². The quantitative estimate of drug-likeness (QED) is 0.319. The number of methoxy groups -OCH3 is 1. The van der Waals surface area contributed by atoms with Crippen LogP contribution >= 0.6 is 0 Å². The van der Waals surface area contributed by atoms with E-state index in [0.717, 1.165) is 32.1 Å². The van der Waals surface area contributed by atoms with Crippen LogP contribution in [0, 0.1) is 35.5 Å². The number of esters is 1. The number of carbonyl (C=O) groups is 3. The minimum atomic E-state index is -1.10. The molecule has 0 aromatic heterocycles. The third kappa shape index (κ3) is 6.57. The van der Waals surface area contributed by atoms with E-state index in [9.17, 15) is 19.5 Å². The van der Waals surface area contributed by atoms with Crippen molar-refractivity contribution < 1.29 is 57.4 Å². The van der Waals surface area contributed by atoms with Gasteiger partial charge >= 0.3 is 11.9 Å². The maximum Gasteiger partial charge on any atom is 0.332 e. The fraction of sp³-hybridized carbons (Fsp3) is 0.921. The number of aliphatic carboxylic acids is 1. The van der Waals surface area contributed by atoms with Crippen molar-refractivity contribution in [2.75, 3.05) is 20.3 Å². The topological polar surface area (TPSA) is 145 Å². The summed E-state index contributed by atoms with van der Waals surface area (Å²) < 4.78 is 51.5. The van der Waals surface area contributed by atoms with E-state index in [1.807, 2.05) is 13.8 Å². The zero-order valence-corrected chi connectivity index (χ0v) is 31.4. The first-order valence-corrected chi connectivity index (χ1v) is 19.0. The van der Waals surface area contributed by atoms with Gasteiger partial charge in [0, 0.05) is 31.3 Å². The summed E-state index contributed by atoms with van der Waals surface area (Å²) in [5, 5.41) is 9.70. The summed E-state index contributed by atoms with van der Waals surface area (Å²) in [6, 6.07) is 0. The van der Waals surface area contributed by atoms with E-state index in [1.165, 1.54) is 7.11 Å². The van der Waals surface area contributed by atoms with Gasteiger partial charge < -0.3 is 43.0 Å². The summed E-state index contributed by atoms with van der Waals surface area (Å²) in [4.78, 5) is 37.1. The molecule has 6 fully saturated rings. The molecule has 0 aliphatic carbocycles. The molecule has 50 heavy (non-hydrogen) atoms. The zero-order valence-electron chi connectivity index (χ0n) is 31.4. The Labute approximate surface area is 296 Å². The molecule has 6 aliphatic heterocycles. The smallest absolute Gasteiger partial charge is 0.332 e. The highest BCUT2D eigenvalue weighted by molar-refractivity contribution is 5.83. The third-order valence-corrected chi connectivity index (χ3v) is 13.5. The van der Waals surface area contributed by atoms with Crippen LogP contribution in [0.25, 0.3) is 0 Å². The molecular formula is C38H60O12. The average molecular weight is 709 g/mol. The second-order valence-corrected chi connectivity index (χ2v) is 16.9. The molecule has 0 saturated carbocycles. The zero-order chi connectivity index (χ0) is 36.4. The Morgan fingerprint density at radius 1 is 1.02 bits per heavy atom. The van der Waals surface area contributed by atoms with Gasteiger partial charge in [0.15, 0.2) is 5.79 Å². The minimum Gasteiger partial charge on any atom is -0.481 e. The van der Waals surface area contributed by atoms with Crippen molar-refractivity contribution in [1.29, 1.82) is 0 Å². The van der Waals surface area contributed by atoms with Gasteiger partial charge in [-0.3, -0.25) is 9.59 Å². The van der Waals surface area contributed by atoms with E-state index >= 15 is 0 Å². The van der Waals surface area contributed by atoms with Crippen molar-refractivity contribution in [3.05, 3.63) is 0 Å². The molecule has 6 saturated heterocycles. The van der Waals surface area contributed by atoms with E-state index in [0.29, 0.717) is 12.8 Å². The second kappa shape index (κ2) is 14.0. The lowest BCUT2D eigenvalue weighted by atomic mass is 9.79. The van der Waals surface area contributed by atoms with Gasteiger partial charge in [-0.1, -0.05) is 41.5 Å². The van der Waals surface area contributed by atoms with Gasteiger partial charge in [0.2, 0.25) is 5.79 Å². The number of carboxylic acids is 1. The Balaban J connectivity index is 1.14. The summed E-state index contributed by atoms with van der Waals surface area (Å²) >= 11 is 0. The molecule has 0 bridgehead atoms. The second-order valence-electron chi connectivity index (χ2n) is 16.9. The van der Waals surface area contributed by atoms with E-state index in [4.69, 9.17) is 37.9 Å². The molecule has 6 aliphatic rings. The molecule has 1 N–H and O–H groups in total. The molecule has 0 amide bonds. The SMILES string of the molecule is CCC1(C2OC(C3OC4(COC(=O)CO4)C(C)CC3C)CC2C)CCC(C2(C)CCC3(CC(=O)C(C)C(C(C)C(OC)C(C)C(=O)O)O3)O2)O1. The van der Waals surface area contributed by atoms with Crippen LogP contribution in [-0.2, 0) is 52.3 Å². The Morgan fingerprint density at radius 2 is 1.76 bits per heavy atom. The Kier molecular flexibility index (Phi) is 10.6. The average Bonchev–Trinajstić information content (AvgIpc) is 3.78. The molecule has 2 spiro atoms. The lowest BCUT2D eigenvalue weighted by Crippen LogP contribution is -2.60. The van der Waals surface area contributed by atoms with Gasteiger partial charge in [-0.15, -0.1) is 0 Å². The number of carbonyl (C=O) groups excluding carboxylic acids is 2. The van der Waals surface area contributed by atoms with E-state index in [1.54, 1.807) is 6.92 Å². The molecule has 16 unspecified atom stereocenters. The summed E-state index contributed by atoms with van der Waals surface area (Å²) in [5.41, 5.74) is -1.19. The lowest BCUT2D eigenvalue weighted by molar-refractivity contribution is -0.352. The highest BCUT2D eigenvalue weighted by Crippen LogP contribution is 2.54. The van der Waals surface area contributed by atoms with Crippen molar-refractivity contribution in [3.8, 4) is 0 Å². The largest absolute Gasteiger partial charge is 0.481 e. The van der Waals surface area contributed by atoms with Gasteiger partial charge in [-0.2, -0.15) is 0 Å². The van der Waals surface area contributed by atoms with Gasteiger partial charge in [0.05, 0.1) is 60.2 Å². The van der Waals surface area contributed by atoms with E-state index < -0.39 is 52.8 Å². The Bertz CT molecular complexity index is 1280. The highest BCUT2D eigenvalue weighted by atomic mass is 16.8. The predicted molar refractivity (Wildman–Crippen MR) is 179 cm³/mol. The molecule has 0 aromatic rings. The molecule has 12 nitrogen and oxygen atoms in total. The summed E-state index contributed by atoms with van der Waals surface area (Å²) in [7, 11) is 1.51. The number of Topliss-reactive ketones (excluding diaryl/α,β-unsaturated/α-hetero) is 1. The van der Waals surface area contributed by atoms with Crippen LogP contribution in [0.15, 0.2) is 0 Å². The predicted octanol–water partition coefficient (Wildman–Crippen LogP) is 5.07. The number of carboxylic acid groups (broad SMARTS) is 1. The standard InChI is InChI=1S/C38H60O12/c1-10-36(33-21(3)16-27(46-33)30-20(2)15-22(4)38(49-30)19-44-29(40)18-45-38)12-11-28(47-36)35(8)13-14-37(50-35)17-26(39)23(5)32(48-37)24(6)31(43-9)25(7)34(41)42/h20-25,27-28,30-33H,10-19H2,1-9H3,(H,41,42). The van der Waals surface area contributed by atoms with Crippen LogP contribution < -0.4 is 0 Å². The monoisotopic (exact) mass is 708 g/mol. The van der Waals surface area contributed by atoms with Gasteiger partial charge in [0.1, 0.15) is 19.0 Å². The first-order valence-electron chi connectivity index (χ1n) is 19.0. The molecular weight excluding hydrogens is 648 g/mol. The van der Waals surface area contributed by atoms with Crippen LogP contribution in [0.4, 0.5) is 0 Å². The maximum absolute atomic E-state index is 13.5. The van der Waals surface area contributed by atoms with Crippen LogP contribution in [0.3, 0.4) is 0 Å². The normalized spacial score (nSPS) is 48.5. The molecule has 0 radical (unpaired) electrons. The number of ketones is 1. The number of cyclic esters (lactones) is 1. The van der Waals surface area contributed by atoms with Gasteiger partial charge in [-0.05, 0) is 64.2 Å². The molecule has 0 aromatic carbocycles. The van der Waals surface area contributed by atoms with Crippen LogP contribution in [0.1, 0.15) is 107 Å². The van der Waals surface area contributed by atoms with Gasteiger partial charge in [-0.25, -0.2) is 4.79 Å². The van der Waals surface area contributed by atoms with Crippen LogP contribution in [0.5, 0.6) is 0 Å². The first kappa shape index (κ1) is 38.1. The van der Waals surface area contributed by atoms with Crippen molar-refractivity contribution in [1.82, 2.24) is 0 Å². The first-order chi connectivity index (χ1) is 23.5. The fourth-order valence-corrected chi connectivity index (χ4v) is 10.3. The summed E-state index contributed by atoms with van der Waals surface area (Å²) in [6.07, 6.45) is 3.58. The Morgan fingerprint density at radius 3 is 2.40 bits per heavy atom. The Hall–Kier alpha value is -1.67. The van der Waals surface area contributed by atoms with Crippen LogP contribution in [-0.4, -0.2) is 103 Å². The van der Waals surface area contributed by atoms with Crippen molar-refractivity contribution in [2.45, 2.75) is 166 Å².